The third-order valence-corrected chi connectivity index (χ3v) is 5.71. The Morgan fingerprint density at radius 2 is 2.00 bits per heavy atom. The van der Waals surface area contributed by atoms with E-state index in [1.807, 2.05) is 53.2 Å². The van der Waals surface area contributed by atoms with Crippen LogP contribution in [0.15, 0.2) is 65.4 Å². The predicted molar refractivity (Wildman–Crippen MR) is 114 cm³/mol. The number of carbonyl (C=O) groups excluding carboxylic acids is 2. The molecule has 156 valence electrons. The van der Waals surface area contributed by atoms with E-state index in [9.17, 15) is 9.59 Å². The molecule has 1 atom stereocenters. The van der Waals surface area contributed by atoms with Crippen molar-refractivity contribution in [3.63, 3.8) is 0 Å². The number of piperidine rings is 1. The van der Waals surface area contributed by atoms with E-state index < -0.39 is 0 Å². The summed E-state index contributed by atoms with van der Waals surface area (Å²) in [5, 5.41) is 7.78. The number of methoxy groups -OCH3 is 1. The standard InChI is InChI=1S/C24H21N3O4/c1-30-18-5-3-16(4-6-18)27-17(10-11-25-27)12-15-2-7-19-21(14-31-22(19)13-15)20-8-9-23(28)26-24(20)29/h2-7,10-11,13-14,20H,8-9,12H2,1H3,(H,26,28,29). The predicted octanol–water partition coefficient (Wildman–Crippen LogP) is 3.74. The minimum atomic E-state index is -0.360. The van der Waals surface area contributed by atoms with Crippen LogP contribution in [-0.4, -0.2) is 28.7 Å². The average molecular weight is 415 g/mol. The number of rotatable bonds is 5. The molecule has 2 aromatic heterocycles. The van der Waals surface area contributed by atoms with E-state index in [-0.39, 0.29) is 17.7 Å². The summed E-state index contributed by atoms with van der Waals surface area (Å²) in [5.41, 5.74) is 4.64. The van der Waals surface area contributed by atoms with Gasteiger partial charge in [-0.15, -0.1) is 0 Å². The summed E-state index contributed by atoms with van der Waals surface area (Å²) in [4.78, 5) is 23.7. The van der Waals surface area contributed by atoms with Gasteiger partial charge in [-0.25, -0.2) is 4.68 Å². The second-order valence-corrected chi connectivity index (χ2v) is 7.63. The van der Waals surface area contributed by atoms with Crippen LogP contribution in [0.1, 0.15) is 35.6 Å². The van der Waals surface area contributed by atoms with Gasteiger partial charge in [-0.2, -0.15) is 5.10 Å². The van der Waals surface area contributed by atoms with Gasteiger partial charge in [0.05, 0.1) is 25.0 Å². The van der Waals surface area contributed by atoms with Gasteiger partial charge in [0.1, 0.15) is 11.3 Å². The van der Waals surface area contributed by atoms with E-state index in [1.165, 1.54) is 0 Å². The van der Waals surface area contributed by atoms with Gasteiger partial charge in [0.25, 0.3) is 0 Å². The highest BCUT2D eigenvalue weighted by Gasteiger charge is 2.30. The summed E-state index contributed by atoms with van der Waals surface area (Å²) in [6.07, 6.45) is 4.94. The Kier molecular flexibility index (Phi) is 4.78. The fourth-order valence-electron chi connectivity index (χ4n) is 4.09. The smallest absolute Gasteiger partial charge is 0.234 e. The van der Waals surface area contributed by atoms with Crippen molar-refractivity contribution >= 4 is 22.8 Å². The highest BCUT2D eigenvalue weighted by Crippen LogP contribution is 2.33. The van der Waals surface area contributed by atoms with Crippen LogP contribution in [0.5, 0.6) is 5.75 Å². The number of imide groups is 1. The summed E-state index contributed by atoms with van der Waals surface area (Å²) < 4.78 is 12.9. The zero-order chi connectivity index (χ0) is 21.4. The minimum Gasteiger partial charge on any atom is -0.497 e. The van der Waals surface area contributed by atoms with Crippen molar-refractivity contribution in [1.82, 2.24) is 15.1 Å². The molecule has 1 aliphatic rings. The van der Waals surface area contributed by atoms with Crippen LogP contribution in [0.2, 0.25) is 0 Å². The lowest BCUT2D eigenvalue weighted by molar-refractivity contribution is -0.134. The van der Waals surface area contributed by atoms with E-state index in [1.54, 1.807) is 19.6 Å². The van der Waals surface area contributed by atoms with Crippen molar-refractivity contribution < 1.29 is 18.7 Å². The third kappa shape index (κ3) is 3.59. The number of aromatic nitrogens is 2. The van der Waals surface area contributed by atoms with Crippen LogP contribution in [0.4, 0.5) is 0 Å². The Labute approximate surface area is 178 Å². The molecule has 5 rings (SSSR count). The first-order valence-corrected chi connectivity index (χ1v) is 10.1. The zero-order valence-corrected chi connectivity index (χ0v) is 17.0. The highest BCUT2D eigenvalue weighted by atomic mass is 16.5. The normalized spacial score (nSPS) is 16.5. The number of fused-ring (bicyclic) bond motifs is 1. The molecule has 2 amide bonds. The first-order valence-electron chi connectivity index (χ1n) is 10.1. The van der Waals surface area contributed by atoms with Crippen LogP contribution < -0.4 is 10.1 Å². The Hall–Kier alpha value is -3.87. The molecule has 0 bridgehead atoms. The van der Waals surface area contributed by atoms with Crippen LogP contribution in [0, 0.1) is 0 Å². The number of carbonyl (C=O) groups is 2. The molecule has 7 heteroatoms. The maximum absolute atomic E-state index is 12.2. The molecule has 1 fully saturated rings. The first-order chi connectivity index (χ1) is 15.1. The zero-order valence-electron chi connectivity index (χ0n) is 17.0. The van der Waals surface area contributed by atoms with E-state index in [0.717, 1.165) is 39.2 Å². The molecule has 1 saturated heterocycles. The number of amides is 2. The van der Waals surface area contributed by atoms with Gasteiger partial charge in [-0.05, 0) is 48.4 Å². The molecule has 7 nitrogen and oxygen atoms in total. The van der Waals surface area contributed by atoms with Gasteiger partial charge in [0.2, 0.25) is 11.8 Å². The number of hydrogen-bond acceptors (Lipinski definition) is 5. The van der Waals surface area contributed by atoms with E-state index >= 15 is 0 Å². The number of nitrogens with zero attached hydrogens (tertiary/aromatic N) is 2. The number of nitrogens with one attached hydrogen (secondary N) is 1. The number of ether oxygens (including phenoxy) is 1. The van der Waals surface area contributed by atoms with Gasteiger partial charge in [0.15, 0.2) is 0 Å². The molecule has 1 N–H and O–H groups in total. The summed E-state index contributed by atoms with van der Waals surface area (Å²) in [5.74, 6) is -0.0370. The fourth-order valence-corrected chi connectivity index (χ4v) is 4.09. The maximum Gasteiger partial charge on any atom is 0.234 e. The molecular formula is C24H21N3O4. The summed E-state index contributed by atoms with van der Waals surface area (Å²) in [7, 11) is 1.64. The molecule has 2 aromatic carbocycles. The van der Waals surface area contributed by atoms with E-state index in [2.05, 4.69) is 10.4 Å². The highest BCUT2D eigenvalue weighted by molar-refractivity contribution is 6.02. The molecule has 1 unspecified atom stereocenters. The summed E-state index contributed by atoms with van der Waals surface area (Å²) in [6.45, 7) is 0. The van der Waals surface area contributed by atoms with Crippen LogP contribution in [-0.2, 0) is 16.0 Å². The average Bonchev–Trinajstić information content (AvgIpc) is 3.41. The quantitative estimate of drug-likeness (QED) is 0.502. The molecular weight excluding hydrogens is 394 g/mol. The third-order valence-electron chi connectivity index (χ3n) is 5.71. The lowest BCUT2D eigenvalue weighted by atomic mass is 9.90. The molecule has 4 aromatic rings. The Bertz CT molecular complexity index is 1270. The van der Waals surface area contributed by atoms with Gasteiger partial charge < -0.3 is 9.15 Å². The maximum atomic E-state index is 12.2. The molecule has 0 radical (unpaired) electrons. The van der Waals surface area contributed by atoms with Gasteiger partial charge in [-0.3, -0.25) is 14.9 Å². The topological polar surface area (TPSA) is 86.4 Å². The van der Waals surface area contributed by atoms with Crippen LogP contribution in [0.3, 0.4) is 0 Å². The molecule has 0 aliphatic carbocycles. The van der Waals surface area contributed by atoms with Crippen molar-refractivity contribution in [2.45, 2.75) is 25.2 Å². The molecule has 0 spiro atoms. The second-order valence-electron chi connectivity index (χ2n) is 7.63. The summed E-state index contributed by atoms with van der Waals surface area (Å²) in [6, 6.07) is 15.8. The Balaban J connectivity index is 1.41. The molecule has 0 saturated carbocycles. The SMILES string of the molecule is COc1ccc(-n2nccc2Cc2ccc3c(C4CCC(=O)NC4=O)coc3c2)cc1. The van der Waals surface area contributed by atoms with Gasteiger partial charge in [0, 0.05) is 35.7 Å². The lowest BCUT2D eigenvalue weighted by Crippen LogP contribution is -2.39. The Morgan fingerprint density at radius 3 is 2.77 bits per heavy atom. The van der Waals surface area contributed by atoms with Crippen molar-refractivity contribution in [1.29, 1.82) is 0 Å². The Morgan fingerprint density at radius 1 is 1.16 bits per heavy atom. The van der Waals surface area contributed by atoms with Crippen molar-refractivity contribution in [2.24, 2.45) is 0 Å². The summed E-state index contributed by atoms with van der Waals surface area (Å²) >= 11 is 0. The second kappa shape index (κ2) is 7.75. The monoisotopic (exact) mass is 415 g/mol. The number of furan rings is 1. The van der Waals surface area contributed by atoms with E-state index in [4.69, 9.17) is 9.15 Å². The number of hydrogen-bond donors (Lipinski definition) is 1. The van der Waals surface area contributed by atoms with Gasteiger partial charge >= 0.3 is 0 Å². The first kappa shape index (κ1) is 19.1. The minimum absolute atomic E-state index is 0.218. The van der Waals surface area contributed by atoms with E-state index in [0.29, 0.717) is 19.3 Å². The largest absolute Gasteiger partial charge is 0.497 e. The van der Waals surface area contributed by atoms with Crippen molar-refractivity contribution in [2.75, 3.05) is 7.11 Å². The van der Waals surface area contributed by atoms with Crippen LogP contribution >= 0.6 is 0 Å². The molecule has 31 heavy (non-hydrogen) atoms. The number of benzene rings is 2. The fraction of sp³-hybridized carbons (Fsp3) is 0.208. The van der Waals surface area contributed by atoms with Crippen molar-refractivity contribution in [3.8, 4) is 11.4 Å². The molecule has 1 aliphatic heterocycles. The van der Waals surface area contributed by atoms with Crippen LogP contribution in [0.25, 0.3) is 16.7 Å². The molecule has 3 heterocycles. The van der Waals surface area contributed by atoms with Crippen molar-refractivity contribution in [3.05, 3.63) is 77.8 Å². The van der Waals surface area contributed by atoms with Gasteiger partial charge in [-0.1, -0.05) is 12.1 Å². The lowest BCUT2D eigenvalue weighted by Gasteiger charge is -2.19.